The van der Waals surface area contributed by atoms with E-state index >= 15 is 0 Å². The molecule has 4 heteroatoms. The van der Waals surface area contributed by atoms with Crippen molar-refractivity contribution in [1.29, 1.82) is 0 Å². The van der Waals surface area contributed by atoms with Crippen molar-refractivity contribution in [2.24, 2.45) is 11.7 Å². The first-order valence-electron chi connectivity index (χ1n) is 6.87. The van der Waals surface area contributed by atoms with Gasteiger partial charge < -0.3 is 15.8 Å². The molecule has 0 spiro atoms. The lowest BCUT2D eigenvalue weighted by Gasteiger charge is -2.07. The van der Waals surface area contributed by atoms with E-state index in [2.05, 4.69) is 24.1 Å². The van der Waals surface area contributed by atoms with E-state index in [1.807, 2.05) is 0 Å². The zero-order valence-corrected chi connectivity index (χ0v) is 11.9. The maximum atomic E-state index is 12.2. The predicted octanol–water partition coefficient (Wildman–Crippen LogP) is 1.53. The monoisotopic (exact) mass is 272 g/mol. The van der Waals surface area contributed by atoms with Gasteiger partial charge in [0, 0.05) is 11.6 Å². The van der Waals surface area contributed by atoms with Gasteiger partial charge in [0.1, 0.15) is 5.75 Å². The number of carbonyl (C=O) groups is 1. The highest BCUT2D eigenvalue weighted by atomic mass is 16.5. The van der Waals surface area contributed by atoms with Gasteiger partial charge in [0.2, 0.25) is 0 Å². The Morgan fingerprint density at radius 2 is 2.35 bits per heavy atom. The minimum absolute atomic E-state index is 0.0515. The molecule has 0 saturated heterocycles. The van der Waals surface area contributed by atoms with Crippen molar-refractivity contribution in [2.45, 2.75) is 25.8 Å². The molecule has 2 rings (SSSR count). The summed E-state index contributed by atoms with van der Waals surface area (Å²) >= 11 is 0. The normalized spacial score (nSPS) is 19.8. The minimum Gasteiger partial charge on any atom is -0.495 e. The summed E-state index contributed by atoms with van der Waals surface area (Å²) in [6.45, 7) is 2.42. The number of hydrogen-bond acceptors (Lipinski definition) is 3. The Hall–Kier alpha value is -1.99. The number of rotatable bonds is 4. The fraction of sp³-hybridized carbons (Fsp3) is 0.438. The maximum Gasteiger partial charge on any atom is 0.251 e. The molecule has 2 atom stereocenters. The van der Waals surface area contributed by atoms with Gasteiger partial charge in [0.15, 0.2) is 0 Å². The number of hydrogen-bond donors (Lipinski definition) is 2. The summed E-state index contributed by atoms with van der Waals surface area (Å²) in [6.07, 6.45) is 2.19. The van der Waals surface area contributed by atoms with E-state index < -0.39 is 0 Å². The Bertz CT molecular complexity index is 557. The fourth-order valence-corrected chi connectivity index (χ4v) is 2.22. The molecule has 3 N–H and O–H groups in total. The third-order valence-corrected chi connectivity index (χ3v) is 3.55. The second-order valence-electron chi connectivity index (χ2n) is 4.90. The SMILES string of the molecule is CCC1CC1NC(=O)c1ccc(OC)c(C#CCN)c1. The van der Waals surface area contributed by atoms with Gasteiger partial charge in [-0.2, -0.15) is 0 Å². The van der Waals surface area contributed by atoms with E-state index in [0.717, 1.165) is 12.8 Å². The summed E-state index contributed by atoms with van der Waals surface area (Å²) in [4.78, 5) is 12.2. The Morgan fingerprint density at radius 3 is 2.95 bits per heavy atom. The van der Waals surface area contributed by atoms with Gasteiger partial charge in [-0.25, -0.2) is 0 Å². The summed E-state index contributed by atoms with van der Waals surface area (Å²) in [5.74, 6) is 6.94. The number of methoxy groups -OCH3 is 1. The number of carbonyl (C=O) groups excluding carboxylic acids is 1. The second kappa shape index (κ2) is 6.44. The molecule has 106 valence electrons. The van der Waals surface area contributed by atoms with Crippen LogP contribution in [0.3, 0.4) is 0 Å². The minimum atomic E-state index is -0.0515. The summed E-state index contributed by atoms with van der Waals surface area (Å²) in [5, 5.41) is 3.04. The highest BCUT2D eigenvalue weighted by Crippen LogP contribution is 2.33. The second-order valence-corrected chi connectivity index (χ2v) is 4.90. The van der Waals surface area contributed by atoms with Crippen LogP contribution in [0.15, 0.2) is 18.2 Å². The summed E-state index contributed by atoms with van der Waals surface area (Å²) in [5.41, 5.74) is 6.67. The Kier molecular flexibility index (Phi) is 4.65. The molecule has 1 aromatic rings. The lowest BCUT2D eigenvalue weighted by Crippen LogP contribution is -2.26. The van der Waals surface area contributed by atoms with Crippen molar-refractivity contribution in [3.63, 3.8) is 0 Å². The number of nitrogens with one attached hydrogen (secondary N) is 1. The van der Waals surface area contributed by atoms with Crippen LogP contribution in [0.1, 0.15) is 35.7 Å². The van der Waals surface area contributed by atoms with Gasteiger partial charge in [-0.05, 0) is 30.5 Å². The molecular formula is C16H20N2O2. The van der Waals surface area contributed by atoms with Crippen molar-refractivity contribution < 1.29 is 9.53 Å². The zero-order valence-electron chi connectivity index (χ0n) is 11.9. The molecular weight excluding hydrogens is 252 g/mol. The Labute approximate surface area is 119 Å². The van der Waals surface area contributed by atoms with E-state index in [4.69, 9.17) is 10.5 Å². The van der Waals surface area contributed by atoms with Crippen LogP contribution in [-0.2, 0) is 0 Å². The van der Waals surface area contributed by atoms with Gasteiger partial charge in [-0.1, -0.05) is 25.2 Å². The molecule has 0 aliphatic heterocycles. The molecule has 1 fully saturated rings. The van der Waals surface area contributed by atoms with Gasteiger partial charge in [0.05, 0.1) is 19.2 Å². The summed E-state index contributed by atoms with van der Waals surface area (Å²) in [7, 11) is 1.58. The van der Waals surface area contributed by atoms with Crippen LogP contribution in [0.25, 0.3) is 0 Å². The van der Waals surface area contributed by atoms with Crippen LogP contribution >= 0.6 is 0 Å². The predicted molar refractivity (Wildman–Crippen MR) is 78.6 cm³/mol. The molecule has 1 aromatic carbocycles. The Balaban J connectivity index is 2.13. The van der Waals surface area contributed by atoms with Gasteiger partial charge in [0.25, 0.3) is 5.91 Å². The molecule has 4 nitrogen and oxygen atoms in total. The zero-order chi connectivity index (χ0) is 14.5. The highest BCUT2D eigenvalue weighted by Gasteiger charge is 2.36. The van der Waals surface area contributed by atoms with Crippen LogP contribution in [-0.4, -0.2) is 25.6 Å². The molecule has 0 radical (unpaired) electrons. The van der Waals surface area contributed by atoms with E-state index in [1.54, 1.807) is 25.3 Å². The van der Waals surface area contributed by atoms with Crippen LogP contribution in [0, 0.1) is 17.8 Å². The summed E-state index contributed by atoms with van der Waals surface area (Å²) < 4.78 is 5.23. The van der Waals surface area contributed by atoms with Gasteiger partial charge in [-0.15, -0.1) is 0 Å². The molecule has 1 aliphatic rings. The molecule has 2 unspecified atom stereocenters. The van der Waals surface area contributed by atoms with Crippen LogP contribution in [0.4, 0.5) is 0 Å². The molecule has 0 heterocycles. The third-order valence-electron chi connectivity index (χ3n) is 3.55. The number of amides is 1. The number of ether oxygens (including phenoxy) is 1. The molecule has 0 aromatic heterocycles. The molecule has 0 bridgehead atoms. The van der Waals surface area contributed by atoms with Crippen molar-refractivity contribution in [3.05, 3.63) is 29.3 Å². The summed E-state index contributed by atoms with van der Waals surface area (Å²) in [6, 6.07) is 5.60. The smallest absolute Gasteiger partial charge is 0.251 e. The fourth-order valence-electron chi connectivity index (χ4n) is 2.22. The first-order valence-corrected chi connectivity index (χ1v) is 6.87. The largest absolute Gasteiger partial charge is 0.495 e. The maximum absolute atomic E-state index is 12.2. The standard InChI is InChI=1S/C16H20N2O2/c1-3-11-10-14(11)18-16(19)13-6-7-15(20-2)12(9-13)5-4-8-17/h6-7,9,11,14H,3,8,10,17H2,1-2H3,(H,18,19). The lowest BCUT2D eigenvalue weighted by atomic mass is 10.1. The molecule has 1 amide bonds. The highest BCUT2D eigenvalue weighted by molar-refractivity contribution is 5.95. The van der Waals surface area contributed by atoms with Crippen LogP contribution in [0.5, 0.6) is 5.75 Å². The topological polar surface area (TPSA) is 64.3 Å². The van der Waals surface area contributed by atoms with Crippen molar-refractivity contribution in [1.82, 2.24) is 5.32 Å². The van der Waals surface area contributed by atoms with Crippen molar-refractivity contribution >= 4 is 5.91 Å². The number of nitrogens with two attached hydrogens (primary N) is 1. The first-order chi connectivity index (χ1) is 9.69. The van der Waals surface area contributed by atoms with E-state index in [-0.39, 0.29) is 12.5 Å². The van der Waals surface area contributed by atoms with Crippen molar-refractivity contribution in [3.8, 4) is 17.6 Å². The first kappa shape index (κ1) is 14.4. The van der Waals surface area contributed by atoms with Gasteiger partial charge in [-0.3, -0.25) is 4.79 Å². The average molecular weight is 272 g/mol. The quantitative estimate of drug-likeness (QED) is 0.817. The van der Waals surface area contributed by atoms with E-state index in [1.165, 1.54) is 0 Å². The molecule has 1 aliphatic carbocycles. The Morgan fingerprint density at radius 1 is 1.55 bits per heavy atom. The van der Waals surface area contributed by atoms with Crippen LogP contribution in [0.2, 0.25) is 0 Å². The van der Waals surface area contributed by atoms with Crippen LogP contribution < -0.4 is 15.8 Å². The number of benzene rings is 1. The lowest BCUT2D eigenvalue weighted by molar-refractivity contribution is 0.0949. The van der Waals surface area contributed by atoms with Crippen molar-refractivity contribution in [2.75, 3.05) is 13.7 Å². The van der Waals surface area contributed by atoms with E-state index in [0.29, 0.717) is 28.8 Å². The average Bonchev–Trinajstić information content (AvgIpc) is 3.22. The van der Waals surface area contributed by atoms with E-state index in [9.17, 15) is 4.79 Å². The molecule has 1 saturated carbocycles. The third kappa shape index (κ3) is 3.31. The molecule has 20 heavy (non-hydrogen) atoms. The van der Waals surface area contributed by atoms with Gasteiger partial charge >= 0.3 is 0 Å².